The van der Waals surface area contributed by atoms with E-state index in [0.29, 0.717) is 18.0 Å². The van der Waals surface area contributed by atoms with E-state index in [1.54, 1.807) is 6.92 Å². The van der Waals surface area contributed by atoms with Gasteiger partial charge in [0, 0.05) is 58.1 Å². The van der Waals surface area contributed by atoms with E-state index in [0.717, 1.165) is 44.8 Å². The molecular weight excluding hydrogens is 290 g/mol. The van der Waals surface area contributed by atoms with Gasteiger partial charge in [0.25, 0.3) is 0 Å². The van der Waals surface area contributed by atoms with Gasteiger partial charge >= 0.3 is 0 Å². The third-order valence-electron chi connectivity index (χ3n) is 5.33. The Bertz CT molecular complexity index is 555. The third-order valence-corrected chi connectivity index (χ3v) is 5.33. The molecule has 2 unspecified atom stereocenters. The van der Waals surface area contributed by atoms with Gasteiger partial charge in [-0.2, -0.15) is 0 Å². The van der Waals surface area contributed by atoms with Gasteiger partial charge in [0.05, 0.1) is 6.54 Å². The molecule has 2 aliphatic heterocycles. The van der Waals surface area contributed by atoms with E-state index >= 15 is 0 Å². The molecule has 1 amide bonds. The highest BCUT2D eigenvalue weighted by atomic mass is 16.2. The van der Waals surface area contributed by atoms with Crippen LogP contribution >= 0.6 is 0 Å². The van der Waals surface area contributed by atoms with Gasteiger partial charge in [-0.3, -0.25) is 9.69 Å². The molecule has 3 rings (SSSR count). The summed E-state index contributed by atoms with van der Waals surface area (Å²) in [5.74, 6) is 1.95. The van der Waals surface area contributed by atoms with Crippen molar-refractivity contribution in [2.24, 2.45) is 13.0 Å². The zero-order valence-electron chi connectivity index (χ0n) is 14.8. The lowest BCUT2D eigenvalue weighted by atomic mass is 9.92. The fourth-order valence-corrected chi connectivity index (χ4v) is 4.39. The van der Waals surface area contributed by atoms with E-state index in [1.165, 1.54) is 0 Å². The summed E-state index contributed by atoms with van der Waals surface area (Å²) in [7, 11) is 6.23. The topological polar surface area (TPSA) is 44.6 Å². The number of likely N-dealkylation sites (tertiary alicyclic amines) is 2. The quantitative estimate of drug-likeness (QED) is 0.823. The maximum Gasteiger partial charge on any atom is 0.219 e. The van der Waals surface area contributed by atoms with Gasteiger partial charge in [0.2, 0.25) is 5.91 Å². The van der Waals surface area contributed by atoms with E-state index in [1.807, 2.05) is 12.4 Å². The van der Waals surface area contributed by atoms with Gasteiger partial charge in [-0.25, -0.2) is 4.98 Å². The standard InChI is InChI=1S/C17H29N5O/c1-13(23)22-15(11-19(2)3)9-14-10-21(7-5-16(14)22)12-17-18-6-8-20(17)4/h6,8,14-16H,5,7,9-12H2,1-4H3/t14?,15-,16?/m0/s1. The Morgan fingerprint density at radius 1 is 1.43 bits per heavy atom. The van der Waals surface area contributed by atoms with Gasteiger partial charge < -0.3 is 14.4 Å². The van der Waals surface area contributed by atoms with Crippen LogP contribution in [0.4, 0.5) is 0 Å². The fourth-order valence-electron chi connectivity index (χ4n) is 4.39. The second-order valence-electron chi connectivity index (χ2n) is 7.38. The van der Waals surface area contributed by atoms with Crippen LogP contribution in [0.5, 0.6) is 0 Å². The lowest BCUT2D eigenvalue weighted by Gasteiger charge is -2.38. The molecular formula is C17H29N5O. The predicted octanol–water partition coefficient (Wildman–Crippen LogP) is 0.793. The lowest BCUT2D eigenvalue weighted by molar-refractivity contribution is -0.133. The SMILES string of the molecule is CC(=O)N1C2CCN(Cc3nccn3C)CC2C[C@H]1CN(C)C. The molecule has 1 aromatic rings. The molecule has 3 atom stereocenters. The Balaban J connectivity index is 1.67. The van der Waals surface area contributed by atoms with Crippen molar-refractivity contribution >= 4 is 5.91 Å². The average molecular weight is 319 g/mol. The van der Waals surface area contributed by atoms with Crippen molar-refractivity contribution in [1.82, 2.24) is 24.3 Å². The van der Waals surface area contributed by atoms with Crippen LogP contribution < -0.4 is 0 Å². The van der Waals surface area contributed by atoms with E-state index in [-0.39, 0.29) is 5.91 Å². The molecule has 2 aliphatic rings. The van der Waals surface area contributed by atoms with E-state index < -0.39 is 0 Å². The van der Waals surface area contributed by atoms with Crippen LogP contribution in [0.25, 0.3) is 0 Å². The minimum absolute atomic E-state index is 0.238. The third kappa shape index (κ3) is 3.43. The molecule has 23 heavy (non-hydrogen) atoms. The predicted molar refractivity (Wildman–Crippen MR) is 89.9 cm³/mol. The summed E-state index contributed by atoms with van der Waals surface area (Å²) in [6, 6.07) is 0.792. The van der Waals surface area contributed by atoms with Crippen molar-refractivity contribution in [3.8, 4) is 0 Å². The first-order valence-electron chi connectivity index (χ1n) is 8.58. The van der Waals surface area contributed by atoms with Crippen molar-refractivity contribution < 1.29 is 4.79 Å². The lowest BCUT2D eigenvalue weighted by Crippen LogP contribution is -2.49. The summed E-state index contributed by atoms with van der Waals surface area (Å²) in [5, 5.41) is 0. The molecule has 6 heteroatoms. The first-order chi connectivity index (χ1) is 11.0. The van der Waals surface area contributed by atoms with Crippen LogP contribution in [0.2, 0.25) is 0 Å². The van der Waals surface area contributed by atoms with Crippen LogP contribution in [-0.4, -0.2) is 76.0 Å². The summed E-state index contributed by atoms with van der Waals surface area (Å²) in [6.07, 6.45) is 6.07. The number of aromatic nitrogens is 2. The number of likely N-dealkylation sites (N-methyl/N-ethyl adjacent to an activating group) is 1. The number of hydrogen-bond acceptors (Lipinski definition) is 4. The summed E-state index contributed by atoms with van der Waals surface area (Å²) >= 11 is 0. The van der Waals surface area contributed by atoms with Gasteiger partial charge in [0.1, 0.15) is 5.82 Å². The zero-order chi connectivity index (χ0) is 16.6. The van der Waals surface area contributed by atoms with Crippen LogP contribution in [0, 0.1) is 5.92 Å². The molecule has 2 saturated heterocycles. The fraction of sp³-hybridized carbons (Fsp3) is 0.765. The molecule has 0 bridgehead atoms. The van der Waals surface area contributed by atoms with E-state index in [4.69, 9.17) is 0 Å². The smallest absolute Gasteiger partial charge is 0.219 e. The highest BCUT2D eigenvalue weighted by molar-refractivity contribution is 5.74. The highest BCUT2D eigenvalue weighted by Crippen LogP contribution is 2.36. The average Bonchev–Trinajstić information content (AvgIpc) is 3.01. The second kappa shape index (κ2) is 6.61. The molecule has 6 nitrogen and oxygen atoms in total. The van der Waals surface area contributed by atoms with Gasteiger partial charge in [0.15, 0.2) is 0 Å². The van der Waals surface area contributed by atoms with E-state index in [9.17, 15) is 4.79 Å². The van der Waals surface area contributed by atoms with Crippen molar-refractivity contribution in [2.45, 2.75) is 38.4 Å². The molecule has 0 saturated carbocycles. The number of imidazole rings is 1. The van der Waals surface area contributed by atoms with Crippen molar-refractivity contribution in [3.05, 3.63) is 18.2 Å². The summed E-state index contributed by atoms with van der Waals surface area (Å²) in [6.45, 7) is 5.72. The molecule has 128 valence electrons. The van der Waals surface area contributed by atoms with Crippen LogP contribution in [0.3, 0.4) is 0 Å². The zero-order valence-corrected chi connectivity index (χ0v) is 14.8. The number of rotatable bonds is 4. The Kier molecular flexibility index (Phi) is 4.73. The Morgan fingerprint density at radius 2 is 2.22 bits per heavy atom. The number of hydrogen-bond donors (Lipinski definition) is 0. The molecule has 3 heterocycles. The minimum atomic E-state index is 0.238. The number of piperidine rings is 1. The number of fused-ring (bicyclic) bond motifs is 1. The molecule has 0 aliphatic carbocycles. The summed E-state index contributed by atoms with van der Waals surface area (Å²) in [5.41, 5.74) is 0. The van der Waals surface area contributed by atoms with Crippen LogP contribution in [-0.2, 0) is 18.4 Å². The number of amides is 1. The van der Waals surface area contributed by atoms with Crippen LogP contribution in [0.1, 0.15) is 25.6 Å². The molecule has 1 aromatic heterocycles. The summed E-state index contributed by atoms with van der Waals surface area (Å²) < 4.78 is 2.09. The maximum absolute atomic E-state index is 12.2. The molecule has 0 spiro atoms. The Hall–Kier alpha value is -1.40. The number of carbonyl (C=O) groups excluding carboxylic acids is 1. The Labute approximate surface area is 139 Å². The largest absolute Gasteiger partial charge is 0.337 e. The first-order valence-corrected chi connectivity index (χ1v) is 8.58. The molecule has 0 aromatic carbocycles. The van der Waals surface area contributed by atoms with Gasteiger partial charge in [-0.15, -0.1) is 0 Å². The minimum Gasteiger partial charge on any atom is -0.337 e. The number of nitrogens with zero attached hydrogens (tertiary/aromatic N) is 5. The van der Waals surface area contributed by atoms with Crippen molar-refractivity contribution in [2.75, 3.05) is 33.7 Å². The van der Waals surface area contributed by atoms with Crippen molar-refractivity contribution in [3.63, 3.8) is 0 Å². The van der Waals surface area contributed by atoms with Crippen molar-refractivity contribution in [1.29, 1.82) is 0 Å². The summed E-state index contributed by atoms with van der Waals surface area (Å²) in [4.78, 5) is 23.5. The van der Waals surface area contributed by atoms with Crippen LogP contribution in [0.15, 0.2) is 12.4 Å². The Morgan fingerprint density at radius 3 is 2.83 bits per heavy atom. The molecule has 0 radical (unpaired) electrons. The first kappa shape index (κ1) is 16.5. The normalized spacial score (nSPS) is 28.4. The highest BCUT2D eigenvalue weighted by Gasteiger charge is 2.45. The second-order valence-corrected chi connectivity index (χ2v) is 7.38. The van der Waals surface area contributed by atoms with Gasteiger partial charge in [-0.1, -0.05) is 0 Å². The number of aryl methyl sites for hydroxylation is 1. The molecule has 2 fully saturated rings. The van der Waals surface area contributed by atoms with Gasteiger partial charge in [-0.05, 0) is 32.9 Å². The number of carbonyl (C=O) groups is 1. The molecule has 0 N–H and O–H groups in total. The van der Waals surface area contributed by atoms with E-state index in [2.05, 4.69) is 45.4 Å². The monoisotopic (exact) mass is 319 g/mol. The maximum atomic E-state index is 12.2.